The van der Waals surface area contributed by atoms with E-state index in [4.69, 9.17) is 0 Å². The van der Waals surface area contributed by atoms with Gasteiger partial charge in [-0.2, -0.15) is 0 Å². The summed E-state index contributed by atoms with van der Waals surface area (Å²) in [6.45, 7) is 0. The molecule has 1 nitrogen and oxygen atoms in total. The average molecular weight is 222 g/mol. The monoisotopic (exact) mass is 222 g/mol. The summed E-state index contributed by atoms with van der Waals surface area (Å²) in [6.07, 6.45) is 3.40. The third kappa shape index (κ3) is 1.12. The Bertz CT molecular complexity index is 604. The van der Waals surface area contributed by atoms with E-state index in [0.717, 1.165) is 36.1 Å². The summed E-state index contributed by atoms with van der Waals surface area (Å²) in [4.78, 5) is 12.6. The number of rotatable bonds is 2. The Kier molecular flexibility index (Phi) is 1.65. The standard InChI is InChI=1S/C16H14O/c17-15(16-8-11(9-16)10-16)14-7-3-5-12-4-1-2-6-13(12)14/h1-7,11H,8-10H2. The fourth-order valence-corrected chi connectivity index (χ4v) is 3.47. The number of fused-ring (bicyclic) bond motifs is 1. The number of ketones is 1. The predicted octanol–water partition coefficient (Wildman–Crippen LogP) is 3.82. The van der Waals surface area contributed by atoms with Crippen molar-refractivity contribution < 1.29 is 4.79 Å². The largest absolute Gasteiger partial charge is 0.294 e. The Morgan fingerprint density at radius 1 is 1.00 bits per heavy atom. The van der Waals surface area contributed by atoms with Crippen LogP contribution >= 0.6 is 0 Å². The van der Waals surface area contributed by atoms with Crippen molar-refractivity contribution in [3.63, 3.8) is 0 Å². The smallest absolute Gasteiger partial charge is 0.169 e. The molecule has 0 aromatic heterocycles. The van der Waals surface area contributed by atoms with Crippen molar-refractivity contribution in [3.05, 3.63) is 48.0 Å². The van der Waals surface area contributed by atoms with Crippen LogP contribution in [0, 0.1) is 11.3 Å². The zero-order valence-electron chi connectivity index (χ0n) is 9.65. The summed E-state index contributed by atoms with van der Waals surface area (Å²) in [7, 11) is 0. The van der Waals surface area contributed by atoms with Crippen LogP contribution in [0.4, 0.5) is 0 Å². The fourth-order valence-electron chi connectivity index (χ4n) is 3.47. The van der Waals surface area contributed by atoms with E-state index in [2.05, 4.69) is 18.2 Å². The van der Waals surface area contributed by atoms with Crippen LogP contribution in [0.3, 0.4) is 0 Å². The van der Waals surface area contributed by atoms with Gasteiger partial charge in [0.15, 0.2) is 5.78 Å². The first-order valence-corrected chi connectivity index (χ1v) is 6.31. The molecule has 5 rings (SSSR count). The van der Waals surface area contributed by atoms with Crippen LogP contribution < -0.4 is 0 Å². The molecule has 0 amide bonds. The third-order valence-electron chi connectivity index (χ3n) is 4.55. The Balaban J connectivity index is 1.87. The minimum Gasteiger partial charge on any atom is -0.294 e. The summed E-state index contributed by atoms with van der Waals surface area (Å²) >= 11 is 0. The summed E-state index contributed by atoms with van der Waals surface area (Å²) in [5, 5.41) is 2.29. The average Bonchev–Trinajstić information content (AvgIpc) is 2.24. The summed E-state index contributed by atoms with van der Waals surface area (Å²) in [5.41, 5.74) is 0.968. The SMILES string of the molecule is O=C(c1cccc2ccccc12)C12CC(C1)C2. The first kappa shape index (κ1) is 9.41. The van der Waals surface area contributed by atoms with Gasteiger partial charge in [-0.3, -0.25) is 4.79 Å². The number of hydrogen-bond donors (Lipinski definition) is 0. The van der Waals surface area contributed by atoms with Crippen LogP contribution in [0.15, 0.2) is 42.5 Å². The van der Waals surface area contributed by atoms with Crippen molar-refractivity contribution in [3.8, 4) is 0 Å². The van der Waals surface area contributed by atoms with Crippen molar-refractivity contribution in [2.24, 2.45) is 11.3 Å². The highest BCUT2D eigenvalue weighted by atomic mass is 16.1. The van der Waals surface area contributed by atoms with Crippen molar-refractivity contribution in [1.82, 2.24) is 0 Å². The quantitative estimate of drug-likeness (QED) is 0.706. The Labute approximate surface area is 100 Å². The van der Waals surface area contributed by atoms with Gasteiger partial charge in [-0.25, -0.2) is 0 Å². The maximum absolute atomic E-state index is 12.6. The minimum atomic E-state index is 0.0365. The molecule has 3 saturated carbocycles. The zero-order chi connectivity index (χ0) is 11.5. The minimum absolute atomic E-state index is 0.0365. The highest BCUT2D eigenvalue weighted by Crippen LogP contribution is 2.65. The molecule has 3 aliphatic carbocycles. The maximum Gasteiger partial charge on any atom is 0.169 e. The topological polar surface area (TPSA) is 17.1 Å². The van der Waals surface area contributed by atoms with Gasteiger partial charge in [0.25, 0.3) is 0 Å². The second-order valence-corrected chi connectivity index (χ2v) is 5.61. The molecule has 0 N–H and O–H groups in total. The molecule has 0 spiro atoms. The summed E-state index contributed by atoms with van der Waals surface area (Å²) < 4.78 is 0. The number of Topliss-reactive ketones (excluding diaryl/α,β-unsaturated/α-hetero) is 1. The van der Waals surface area contributed by atoms with E-state index in [1.807, 2.05) is 24.3 Å². The van der Waals surface area contributed by atoms with E-state index in [1.165, 1.54) is 5.39 Å². The number of carbonyl (C=O) groups excluding carboxylic acids is 1. The highest BCUT2D eigenvalue weighted by molar-refractivity contribution is 6.11. The first-order chi connectivity index (χ1) is 8.28. The van der Waals surface area contributed by atoms with E-state index in [1.54, 1.807) is 0 Å². The Morgan fingerprint density at radius 2 is 1.71 bits per heavy atom. The fraction of sp³-hybridized carbons (Fsp3) is 0.312. The molecule has 0 atom stereocenters. The molecular formula is C16H14O. The van der Waals surface area contributed by atoms with Crippen molar-refractivity contribution >= 4 is 16.6 Å². The molecule has 3 aliphatic rings. The van der Waals surface area contributed by atoms with Crippen molar-refractivity contribution in [2.45, 2.75) is 19.3 Å². The van der Waals surface area contributed by atoms with Gasteiger partial charge in [-0.1, -0.05) is 42.5 Å². The van der Waals surface area contributed by atoms with E-state index >= 15 is 0 Å². The lowest BCUT2D eigenvalue weighted by Crippen LogP contribution is -2.56. The van der Waals surface area contributed by atoms with Crippen molar-refractivity contribution in [2.75, 3.05) is 0 Å². The number of benzene rings is 2. The van der Waals surface area contributed by atoms with Gasteiger partial charge < -0.3 is 0 Å². The molecule has 1 heteroatoms. The van der Waals surface area contributed by atoms with Gasteiger partial charge in [0.05, 0.1) is 0 Å². The second-order valence-electron chi connectivity index (χ2n) is 5.61. The second kappa shape index (κ2) is 2.98. The first-order valence-electron chi connectivity index (χ1n) is 6.31. The Hall–Kier alpha value is -1.63. The van der Waals surface area contributed by atoms with E-state index < -0.39 is 0 Å². The van der Waals surface area contributed by atoms with Gasteiger partial charge in [0.2, 0.25) is 0 Å². The van der Waals surface area contributed by atoms with Crippen LogP contribution in [0.1, 0.15) is 29.6 Å². The normalized spacial score (nSPS) is 29.5. The molecule has 0 unspecified atom stereocenters. The van der Waals surface area contributed by atoms with Gasteiger partial charge in [0, 0.05) is 11.0 Å². The van der Waals surface area contributed by atoms with Gasteiger partial charge in [-0.15, -0.1) is 0 Å². The van der Waals surface area contributed by atoms with Crippen LogP contribution in [0.25, 0.3) is 10.8 Å². The lowest BCUT2D eigenvalue weighted by Gasteiger charge is -2.60. The lowest BCUT2D eigenvalue weighted by atomic mass is 9.42. The maximum atomic E-state index is 12.6. The third-order valence-corrected chi connectivity index (χ3v) is 4.55. The molecule has 2 aromatic rings. The zero-order valence-corrected chi connectivity index (χ0v) is 9.65. The molecule has 17 heavy (non-hydrogen) atoms. The number of hydrogen-bond acceptors (Lipinski definition) is 1. The molecule has 0 aliphatic heterocycles. The molecule has 2 aromatic carbocycles. The predicted molar refractivity (Wildman–Crippen MR) is 68.1 cm³/mol. The van der Waals surface area contributed by atoms with E-state index in [-0.39, 0.29) is 5.41 Å². The molecule has 2 bridgehead atoms. The van der Waals surface area contributed by atoms with Crippen molar-refractivity contribution in [1.29, 1.82) is 0 Å². The van der Waals surface area contributed by atoms with Crippen LogP contribution in [-0.4, -0.2) is 5.78 Å². The van der Waals surface area contributed by atoms with Gasteiger partial charge in [-0.05, 0) is 36.0 Å². The van der Waals surface area contributed by atoms with Gasteiger partial charge >= 0.3 is 0 Å². The molecular weight excluding hydrogens is 208 g/mol. The number of carbonyl (C=O) groups is 1. The Morgan fingerprint density at radius 3 is 2.41 bits per heavy atom. The molecule has 3 fully saturated rings. The van der Waals surface area contributed by atoms with Gasteiger partial charge in [0.1, 0.15) is 0 Å². The molecule has 84 valence electrons. The van der Waals surface area contributed by atoms with Crippen LogP contribution in [0.2, 0.25) is 0 Å². The van der Waals surface area contributed by atoms with Crippen LogP contribution in [0.5, 0.6) is 0 Å². The highest BCUT2D eigenvalue weighted by Gasteiger charge is 2.61. The van der Waals surface area contributed by atoms with E-state index in [0.29, 0.717) is 5.78 Å². The molecule has 0 radical (unpaired) electrons. The van der Waals surface area contributed by atoms with Crippen LogP contribution in [-0.2, 0) is 0 Å². The molecule has 0 heterocycles. The summed E-state index contributed by atoms with van der Waals surface area (Å²) in [5.74, 6) is 1.24. The van der Waals surface area contributed by atoms with E-state index in [9.17, 15) is 4.79 Å². The summed E-state index contributed by atoms with van der Waals surface area (Å²) in [6, 6.07) is 14.3. The lowest BCUT2D eigenvalue weighted by molar-refractivity contribution is -0.0705. The molecule has 0 saturated heterocycles.